The van der Waals surface area contributed by atoms with Crippen LogP contribution in [0.25, 0.3) is 0 Å². The minimum absolute atomic E-state index is 0.483. The van der Waals surface area contributed by atoms with Gasteiger partial charge in [0.05, 0.1) is 5.56 Å². The van der Waals surface area contributed by atoms with Crippen LogP contribution in [0.15, 0.2) is 18.3 Å². The first-order valence-corrected chi connectivity index (χ1v) is 7.27. The van der Waals surface area contributed by atoms with Crippen molar-refractivity contribution in [2.24, 2.45) is 0 Å². The third-order valence-electron chi connectivity index (χ3n) is 4.23. The summed E-state index contributed by atoms with van der Waals surface area (Å²) in [4.78, 5) is 8.52. The highest BCUT2D eigenvalue weighted by Gasteiger charge is 2.32. The lowest BCUT2D eigenvalue weighted by molar-refractivity contribution is -0.137. The fourth-order valence-corrected chi connectivity index (χ4v) is 3.04. The largest absolute Gasteiger partial charge is 0.417 e. The molecule has 1 N–H and O–H groups in total. The molecule has 116 valence electrons. The number of pyridine rings is 1. The molecule has 7 heteroatoms. The van der Waals surface area contributed by atoms with Crippen LogP contribution in [0.2, 0.25) is 0 Å². The van der Waals surface area contributed by atoms with Gasteiger partial charge in [0.2, 0.25) is 0 Å². The van der Waals surface area contributed by atoms with E-state index in [0.29, 0.717) is 11.9 Å². The number of halogens is 3. The van der Waals surface area contributed by atoms with E-state index in [1.54, 1.807) is 0 Å². The molecule has 0 aromatic carbocycles. The van der Waals surface area contributed by atoms with E-state index in [1.807, 2.05) is 0 Å². The zero-order valence-corrected chi connectivity index (χ0v) is 11.7. The van der Waals surface area contributed by atoms with Crippen LogP contribution in [-0.4, -0.2) is 55.2 Å². The molecule has 21 heavy (non-hydrogen) atoms. The van der Waals surface area contributed by atoms with Gasteiger partial charge in [0.1, 0.15) is 5.82 Å². The molecule has 2 aliphatic heterocycles. The summed E-state index contributed by atoms with van der Waals surface area (Å²) in [6, 6.07) is 3.07. The van der Waals surface area contributed by atoms with Crippen molar-refractivity contribution in [1.29, 1.82) is 0 Å². The maximum atomic E-state index is 12.5. The first-order valence-electron chi connectivity index (χ1n) is 7.27. The molecule has 2 aliphatic rings. The fourth-order valence-electron chi connectivity index (χ4n) is 3.04. The van der Waals surface area contributed by atoms with Crippen molar-refractivity contribution in [3.63, 3.8) is 0 Å². The van der Waals surface area contributed by atoms with Gasteiger partial charge in [-0.1, -0.05) is 0 Å². The second kappa shape index (κ2) is 5.81. The maximum absolute atomic E-state index is 12.5. The summed E-state index contributed by atoms with van der Waals surface area (Å²) in [7, 11) is 0. The van der Waals surface area contributed by atoms with Gasteiger partial charge < -0.3 is 10.2 Å². The number of piperazine rings is 1. The van der Waals surface area contributed by atoms with Gasteiger partial charge in [-0.15, -0.1) is 0 Å². The van der Waals surface area contributed by atoms with Crippen molar-refractivity contribution in [2.75, 3.05) is 44.2 Å². The molecule has 0 amide bonds. The number of alkyl halides is 3. The third kappa shape index (κ3) is 3.29. The molecule has 2 fully saturated rings. The predicted molar refractivity (Wildman–Crippen MR) is 74.3 cm³/mol. The monoisotopic (exact) mass is 300 g/mol. The Morgan fingerprint density at radius 1 is 1.14 bits per heavy atom. The number of rotatable bonds is 2. The summed E-state index contributed by atoms with van der Waals surface area (Å²) >= 11 is 0. The summed E-state index contributed by atoms with van der Waals surface area (Å²) in [6.45, 7) is 5.80. The van der Waals surface area contributed by atoms with Crippen molar-refractivity contribution in [1.82, 2.24) is 15.2 Å². The second-order valence-electron chi connectivity index (χ2n) is 5.58. The van der Waals surface area contributed by atoms with Gasteiger partial charge in [0, 0.05) is 51.5 Å². The number of hydrogen-bond donors (Lipinski definition) is 1. The molecule has 3 rings (SSSR count). The lowest BCUT2D eigenvalue weighted by atomic mass is 10.2. The summed E-state index contributed by atoms with van der Waals surface area (Å²) in [5, 5.41) is 3.33. The highest BCUT2D eigenvalue weighted by atomic mass is 19.4. The number of hydrogen-bond acceptors (Lipinski definition) is 4. The normalized spacial score (nSPS) is 24.5. The van der Waals surface area contributed by atoms with Crippen molar-refractivity contribution < 1.29 is 13.2 Å². The molecule has 0 radical (unpaired) electrons. The van der Waals surface area contributed by atoms with Crippen LogP contribution >= 0.6 is 0 Å². The van der Waals surface area contributed by atoms with Crippen LogP contribution in [0.1, 0.15) is 12.0 Å². The second-order valence-corrected chi connectivity index (χ2v) is 5.58. The molecule has 4 nitrogen and oxygen atoms in total. The van der Waals surface area contributed by atoms with E-state index in [0.717, 1.165) is 58.0 Å². The van der Waals surface area contributed by atoms with Gasteiger partial charge >= 0.3 is 6.18 Å². The van der Waals surface area contributed by atoms with E-state index < -0.39 is 11.7 Å². The summed E-state index contributed by atoms with van der Waals surface area (Å²) in [5.41, 5.74) is -0.691. The molecule has 1 atom stereocenters. The Bertz CT molecular complexity index is 468. The Balaban J connectivity index is 1.63. The topological polar surface area (TPSA) is 31.4 Å². The molecule has 0 bridgehead atoms. The first-order chi connectivity index (χ1) is 10.0. The van der Waals surface area contributed by atoms with Gasteiger partial charge in [-0.3, -0.25) is 4.90 Å². The van der Waals surface area contributed by atoms with Crippen LogP contribution < -0.4 is 10.2 Å². The maximum Gasteiger partial charge on any atom is 0.417 e. The van der Waals surface area contributed by atoms with Crippen molar-refractivity contribution >= 4 is 5.82 Å². The minimum atomic E-state index is -4.32. The number of nitrogens with one attached hydrogen (secondary N) is 1. The smallest absolute Gasteiger partial charge is 0.355 e. The van der Waals surface area contributed by atoms with Crippen LogP contribution in [0, 0.1) is 0 Å². The Hall–Kier alpha value is -1.34. The van der Waals surface area contributed by atoms with Gasteiger partial charge in [-0.05, 0) is 18.6 Å². The zero-order valence-electron chi connectivity index (χ0n) is 11.7. The molecule has 0 aliphatic carbocycles. The SMILES string of the molecule is FC(F)(F)c1ccc(N2CCC(N3CCNCC3)C2)nc1. The Labute approximate surface area is 121 Å². The molecule has 1 aromatic rings. The van der Waals surface area contributed by atoms with E-state index >= 15 is 0 Å². The van der Waals surface area contributed by atoms with Gasteiger partial charge in [0.25, 0.3) is 0 Å². The molecule has 0 saturated carbocycles. The molecule has 0 spiro atoms. The average molecular weight is 300 g/mol. The fraction of sp³-hybridized carbons (Fsp3) is 0.643. The highest BCUT2D eigenvalue weighted by molar-refractivity contribution is 5.41. The van der Waals surface area contributed by atoms with Crippen molar-refractivity contribution in [2.45, 2.75) is 18.6 Å². The number of nitrogens with zero attached hydrogens (tertiary/aromatic N) is 3. The van der Waals surface area contributed by atoms with Crippen LogP contribution in [0.3, 0.4) is 0 Å². The Kier molecular flexibility index (Phi) is 4.03. The standard InChI is InChI=1S/C14H19F3N4/c15-14(16,17)11-1-2-13(19-9-11)21-6-3-12(10-21)20-7-4-18-5-8-20/h1-2,9,12,18H,3-8,10H2. The molecule has 1 aromatic heterocycles. The first kappa shape index (κ1) is 14.6. The predicted octanol–water partition coefficient (Wildman–Crippen LogP) is 1.58. The van der Waals surface area contributed by atoms with Crippen LogP contribution in [-0.2, 0) is 6.18 Å². The van der Waals surface area contributed by atoms with Crippen LogP contribution in [0.4, 0.5) is 19.0 Å². The molecular weight excluding hydrogens is 281 g/mol. The molecule has 3 heterocycles. The lowest BCUT2D eigenvalue weighted by Crippen LogP contribution is -2.49. The lowest BCUT2D eigenvalue weighted by Gasteiger charge is -2.32. The van der Waals surface area contributed by atoms with E-state index in [-0.39, 0.29) is 0 Å². The van der Waals surface area contributed by atoms with E-state index in [2.05, 4.69) is 20.1 Å². The van der Waals surface area contributed by atoms with Crippen molar-refractivity contribution in [3.8, 4) is 0 Å². The summed E-state index contributed by atoms with van der Waals surface area (Å²) in [5.74, 6) is 0.639. The average Bonchev–Trinajstić information content (AvgIpc) is 2.97. The van der Waals surface area contributed by atoms with Crippen LogP contribution in [0.5, 0.6) is 0 Å². The van der Waals surface area contributed by atoms with Crippen molar-refractivity contribution in [3.05, 3.63) is 23.9 Å². The van der Waals surface area contributed by atoms with Gasteiger partial charge in [-0.2, -0.15) is 13.2 Å². The number of aromatic nitrogens is 1. The van der Waals surface area contributed by atoms with E-state index in [1.165, 1.54) is 6.07 Å². The van der Waals surface area contributed by atoms with Gasteiger partial charge in [0.15, 0.2) is 0 Å². The van der Waals surface area contributed by atoms with Gasteiger partial charge in [-0.25, -0.2) is 4.98 Å². The number of anilines is 1. The zero-order chi connectivity index (χ0) is 14.9. The van der Waals surface area contributed by atoms with E-state index in [9.17, 15) is 13.2 Å². The molecular formula is C14H19F3N4. The third-order valence-corrected chi connectivity index (χ3v) is 4.23. The molecule has 1 unspecified atom stereocenters. The summed E-state index contributed by atoms with van der Waals surface area (Å²) in [6.07, 6.45) is -2.35. The Morgan fingerprint density at radius 3 is 2.52 bits per heavy atom. The minimum Gasteiger partial charge on any atom is -0.355 e. The quantitative estimate of drug-likeness (QED) is 0.899. The van der Waals surface area contributed by atoms with E-state index in [4.69, 9.17) is 0 Å². The molecule has 2 saturated heterocycles. The summed E-state index contributed by atoms with van der Waals surface area (Å²) < 4.78 is 37.6. The Morgan fingerprint density at radius 2 is 1.90 bits per heavy atom. The highest BCUT2D eigenvalue weighted by Crippen LogP contribution is 2.30.